The number of likely N-dealkylation sites (N-methyl/N-ethyl adjacent to an activating group) is 1. The Bertz CT molecular complexity index is 858. The monoisotopic (exact) mass is 351 g/mol. The van der Waals surface area contributed by atoms with E-state index in [0.29, 0.717) is 5.75 Å². The Balaban J connectivity index is 2.00. The van der Waals surface area contributed by atoms with Gasteiger partial charge >= 0.3 is 0 Å². The average Bonchev–Trinajstić information content (AvgIpc) is 2.63. The normalized spacial score (nSPS) is 21.2. The summed E-state index contributed by atoms with van der Waals surface area (Å²) in [6.45, 7) is 8.34. The third kappa shape index (κ3) is 2.44. The fourth-order valence-electron chi connectivity index (χ4n) is 4.74. The number of aromatic hydroxyl groups is 1. The van der Waals surface area contributed by atoms with Gasteiger partial charge in [-0.25, -0.2) is 0 Å². The molecule has 26 heavy (non-hydrogen) atoms. The van der Waals surface area contributed by atoms with Crippen LogP contribution in [-0.2, 0) is 24.8 Å². The Morgan fingerprint density at radius 3 is 2.73 bits per heavy atom. The fourth-order valence-corrected chi connectivity index (χ4v) is 4.74. The minimum Gasteiger partial charge on any atom is -0.507 e. The van der Waals surface area contributed by atoms with Crippen molar-refractivity contribution in [3.63, 3.8) is 0 Å². The van der Waals surface area contributed by atoms with Gasteiger partial charge in [-0.1, -0.05) is 26.0 Å². The molecule has 0 bridgehead atoms. The highest BCUT2D eigenvalue weighted by Crippen LogP contribution is 2.52. The molecular formula is C23H29NO2. The lowest BCUT2D eigenvalue weighted by Crippen LogP contribution is -2.49. The first-order chi connectivity index (χ1) is 12.5. The van der Waals surface area contributed by atoms with E-state index in [1.807, 2.05) is 0 Å². The lowest BCUT2D eigenvalue weighted by atomic mass is 9.69. The molecule has 1 aliphatic carbocycles. The molecule has 0 saturated heterocycles. The first-order valence-electron chi connectivity index (χ1n) is 9.85. The van der Waals surface area contributed by atoms with E-state index < -0.39 is 0 Å². The van der Waals surface area contributed by atoms with E-state index in [0.717, 1.165) is 61.3 Å². The number of aryl methyl sites for hydroxylation is 1. The van der Waals surface area contributed by atoms with Crippen molar-refractivity contribution < 1.29 is 9.84 Å². The highest BCUT2D eigenvalue weighted by molar-refractivity contribution is 5.83. The largest absolute Gasteiger partial charge is 0.507 e. The molecule has 3 nitrogen and oxygen atoms in total. The number of rotatable bonds is 4. The van der Waals surface area contributed by atoms with Gasteiger partial charge in [0, 0.05) is 17.6 Å². The maximum absolute atomic E-state index is 11.0. The van der Waals surface area contributed by atoms with Crippen LogP contribution in [0.2, 0.25) is 0 Å². The summed E-state index contributed by atoms with van der Waals surface area (Å²) in [5.74, 6) is 1.39. The molecule has 2 aromatic rings. The van der Waals surface area contributed by atoms with Crippen LogP contribution in [0.4, 0.5) is 0 Å². The van der Waals surface area contributed by atoms with Gasteiger partial charge in [0.15, 0.2) is 0 Å². The maximum atomic E-state index is 11.0. The van der Waals surface area contributed by atoms with Crippen molar-refractivity contribution >= 4 is 0 Å². The summed E-state index contributed by atoms with van der Waals surface area (Å²) in [5, 5.41) is 11.0. The van der Waals surface area contributed by atoms with Gasteiger partial charge in [-0.2, -0.15) is 0 Å². The van der Waals surface area contributed by atoms with E-state index >= 15 is 0 Å². The minimum absolute atomic E-state index is 0.0284. The third-order valence-corrected chi connectivity index (χ3v) is 6.30. The Kier molecular flexibility index (Phi) is 4.23. The molecule has 0 saturated carbocycles. The molecule has 0 aromatic heterocycles. The average molecular weight is 351 g/mol. The van der Waals surface area contributed by atoms with Gasteiger partial charge < -0.3 is 9.84 Å². The summed E-state index contributed by atoms with van der Waals surface area (Å²) in [4.78, 5) is 2.47. The van der Waals surface area contributed by atoms with Crippen LogP contribution in [0.15, 0.2) is 24.3 Å². The Labute approximate surface area is 156 Å². The molecule has 4 rings (SSSR count). The van der Waals surface area contributed by atoms with Gasteiger partial charge in [-0.3, -0.25) is 4.90 Å². The van der Waals surface area contributed by atoms with Crippen LogP contribution in [0, 0.1) is 0 Å². The van der Waals surface area contributed by atoms with Crippen LogP contribution >= 0.6 is 0 Å². The highest BCUT2D eigenvalue weighted by Gasteiger charge is 2.43. The Hall–Kier alpha value is -2.00. The number of ether oxygens (including phenoxy) is 1. The summed E-state index contributed by atoms with van der Waals surface area (Å²) in [7, 11) is 2.22. The van der Waals surface area contributed by atoms with E-state index in [-0.39, 0.29) is 5.54 Å². The van der Waals surface area contributed by atoms with Crippen LogP contribution in [0.3, 0.4) is 0 Å². The van der Waals surface area contributed by atoms with Gasteiger partial charge in [-0.05, 0) is 79.6 Å². The molecule has 0 radical (unpaired) electrons. The minimum atomic E-state index is -0.0284. The van der Waals surface area contributed by atoms with Crippen molar-refractivity contribution in [2.45, 2.75) is 52.0 Å². The second-order valence-electron chi connectivity index (χ2n) is 7.94. The quantitative estimate of drug-likeness (QED) is 0.869. The first kappa shape index (κ1) is 17.4. The number of benzene rings is 2. The summed E-state index contributed by atoms with van der Waals surface area (Å²) < 4.78 is 6.00. The molecule has 0 spiro atoms. The van der Waals surface area contributed by atoms with Gasteiger partial charge in [0.05, 0.1) is 6.61 Å². The lowest BCUT2D eigenvalue weighted by molar-refractivity contribution is 0.122. The molecule has 3 heteroatoms. The second kappa shape index (κ2) is 6.31. The molecular weight excluding hydrogens is 322 g/mol. The van der Waals surface area contributed by atoms with Crippen molar-refractivity contribution in [2.24, 2.45) is 0 Å². The van der Waals surface area contributed by atoms with Gasteiger partial charge in [-0.15, -0.1) is 0 Å². The lowest BCUT2D eigenvalue weighted by Gasteiger charge is -2.48. The molecule has 1 aliphatic heterocycles. The topological polar surface area (TPSA) is 32.7 Å². The smallest absolute Gasteiger partial charge is 0.126 e. The highest BCUT2D eigenvalue weighted by atomic mass is 16.5. The van der Waals surface area contributed by atoms with Gasteiger partial charge in [0.2, 0.25) is 0 Å². The number of phenolic OH excluding ortho intramolecular Hbond substituents is 1. The molecule has 0 fully saturated rings. The molecule has 1 heterocycles. The molecule has 0 amide bonds. The van der Waals surface area contributed by atoms with E-state index in [4.69, 9.17) is 4.74 Å². The predicted molar refractivity (Wildman–Crippen MR) is 106 cm³/mol. The molecule has 138 valence electrons. The van der Waals surface area contributed by atoms with Crippen LogP contribution in [0.5, 0.6) is 11.5 Å². The molecule has 1 N–H and O–H groups in total. The number of hydrogen-bond donors (Lipinski definition) is 1. The van der Waals surface area contributed by atoms with E-state index in [2.05, 4.69) is 57.0 Å². The van der Waals surface area contributed by atoms with Crippen molar-refractivity contribution in [1.82, 2.24) is 4.90 Å². The van der Waals surface area contributed by atoms with Crippen LogP contribution in [0.1, 0.15) is 49.4 Å². The van der Waals surface area contributed by atoms with Crippen molar-refractivity contribution in [3.05, 3.63) is 46.5 Å². The van der Waals surface area contributed by atoms with Crippen molar-refractivity contribution in [1.29, 1.82) is 0 Å². The number of phenols is 1. The number of nitrogens with zero attached hydrogens (tertiary/aromatic N) is 1. The van der Waals surface area contributed by atoms with Gasteiger partial charge in [0.25, 0.3) is 0 Å². The Morgan fingerprint density at radius 2 is 2.00 bits per heavy atom. The maximum Gasteiger partial charge on any atom is 0.126 e. The predicted octanol–water partition coefficient (Wildman–Crippen LogP) is 4.67. The van der Waals surface area contributed by atoms with Crippen LogP contribution in [-0.4, -0.2) is 30.2 Å². The fraction of sp³-hybridized carbons (Fsp3) is 0.478. The van der Waals surface area contributed by atoms with E-state index in [1.54, 1.807) is 0 Å². The zero-order valence-corrected chi connectivity index (χ0v) is 16.4. The summed E-state index contributed by atoms with van der Waals surface area (Å²) >= 11 is 0. The molecule has 2 aromatic carbocycles. The number of hydrogen-bond acceptors (Lipinski definition) is 3. The van der Waals surface area contributed by atoms with Gasteiger partial charge in [0.1, 0.15) is 11.5 Å². The standard InChI is InChI=1S/C23H29NO2/c1-5-11-26-18-12-16-9-10-24(4)23(3)14-17-8-7-15(6-2)22(25)20(17)19(13-18)21(16)23/h7-8,12-13,25H,5-6,9-11,14H2,1-4H3/t23-/m1/s1. The van der Waals surface area contributed by atoms with E-state index in [1.165, 1.54) is 16.7 Å². The molecule has 1 atom stereocenters. The summed E-state index contributed by atoms with van der Waals surface area (Å²) in [6.07, 6.45) is 3.80. The summed E-state index contributed by atoms with van der Waals surface area (Å²) in [6, 6.07) is 8.68. The zero-order valence-electron chi connectivity index (χ0n) is 16.4. The first-order valence-corrected chi connectivity index (χ1v) is 9.85. The van der Waals surface area contributed by atoms with Crippen molar-refractivity contribution in [3.8, 4) is 22.6 Å². The second-order valence-corrected chi connectivity index (χ2v) is 7.94. The summed E-state index contributed by atoms with van der Waals surface area (Å²) in [5.41, 5.74) is 7.17. The third-order valence-electron chi connectivity index (χ3n) is 6.30. The number of fused-ring (bicyclic) bond motifs is 2. The Morgan fingerprint density at radius 1 is 1.19 bits per heavy atom. The van der Waals surface area contributed by atoms with Crippen molar-refractivity contribution in [2.75, 3.05) is 20.2 Å². The van der Waals surface area contributed by atoms with E-state index in [9.17, 15) is 5.11 Å². The molecule has 0 unspecified atom stereocenters. The zero-order chi connectivity index (χ0) is 18.5. The SMILES string of the molecule is CCCOc1cc2c3c(c1)-c1c(ccc(CC)c1O)C[C@@]3(C)N(C)CC2. The van der Waals surface area contributed by atoms with Crippen LogP contribution in [0.25, 0.3) is 11.1 Å². The van der Waals surface area contributed by atoms with Crippen LogP contribution < -0.4 is 4.74 Å². The molecule has 2 aliphatic rings.